The minimum Gasteiger partial charge on any atom is -0.433 e. The molecule has 0 amide bonds. The summed E-state index contributed by atoms with van der Waals surface area (Å²) in [6.45, 7) is 21.6. The maximum absolute atomic E-state index is 12.5. The number of nitrogens with zero attached hydrogens (tertiary/aromatic N) is 5. The third-order valence-corrected chi connectivity index (χ3v) is 17.2. The molecule has 0 saturated carbocycles. The van der Waals surface area contributed by atoms with Crippen LogP contribution in [0.15, 0.2) is 72.9 Å². The van der Waals surface area contributed by atoms with Crippen LogP contribution >= 0.6 is 0 Å². The molecule has 0 fully saturated rings. The lowest BCUT2D eigenvalue weighted by Crippen LogP contribution is -2.34. The average Bonchev–Trinajstić information content (AvgIpc) is 2.22. The number of carbonyl (C=O) groups is 2. The topological polar surface area (TPSA) is 147 Å². The fourth-order valence-electron chi connectivity index (χ4n) is 10.9. The SMILES string of the molecule is CCCCC/C=C\C/C=C\CCCCCCCC(CCCCCCCCCC)OC(=O)OCCN(CC)CCN(C)C.CCCCC/C=C\C/C=C\CCCCCCCC(CCCCCCCCCC)OC(=O)Oc1ccc([N+](=O)[O-])cc1.CCN(CCO)CCN(C)C. The molecule has 2 atom stereocenters. The number of aliphatic hydroxyl groups is 1. The lowest BCUT2D eigenvalue weighted by Gasteiger charge is -2.22. The Bertz CT molecular complexity index is 1890. The van der Waals surface area contributed by atoms with Crippen molar-refractivity contribution in [3.8, 4) is 5.75 Å². The van der Waals surface area contributed by atoms with Gasteiger partial charge >= 0.3 is 12.3 Å². The summed E-state index contributed by atoms with van der Waals surface area (Å²) in [6.07, 6.45) is 67.7. The molecule has 0 heterocycles. The number of likely N-dealkylation sites (N-methyl/N-ethyl adjacent to an activating group) is 4. The standard InChI is InChI=1S/C37H72N2O3.C35H57NO5.C8H20N2O/c1-6-9-11-13-15-17-18-19-20-21-22-23-25-27-29-31-36(30-28-26-24-16-14-12-10-7-2)42-37(40)41-35-34-39(8-3)33-32-38(4)5;1-3-5-7-9-11-13-14-15-16-17-18-19-21-23-25-27-33(26-24-22-20-12-10-8-6-4-2)40-35(37)41-34-30-28-32(29-31-34)36(38)39;1-4-10(7-8-11)6-5-9(2)3/h15,17,19-20,36H,6-14,16,18,21-35H2,1-5H3;11,13,15-16,28-31,33H,3-10,12,14,17-27H2,1-2H3;11H,4-8H2,1-3H3/b17-15-,20-19-;13-11-,16-15-;. The van der Waals surface area contributed by atoms with Crippen molar-refractivity contribution < 1.29 is 38.6 Å². The number of hydrogen-bond donors (Lipinski definition) is 1. The van der Waals surface area contributed by atoms with Gasteiger partial charge in [0.2, 0.25) is 0 Å². The number of ether oxygens (including phenoxy) is 4. The Labute approximate surface area is 579 Å². The molecule has 0 aliphatic rings. The quantitative estimate of drug-likeness (QED) is 0.0165. The van der Waals surface area contributed by atoms with Crippen molar-refractivity contribution in [1.29, 1.82) is 0 Å². The zero-order valence-corrected chi connectivity index (χ0v) is 62.8. The van der Waals surface area contributed by atoms with Crippen molar-refractivity contribution in [2.45, 2.75) is 323 Å². The Morgan fingerprint density at radius 2 is 0.745 bits per heavy atom. The van der Waals surface area contributed by atoms with Gasteiger partial charge in [0.1, 0.15) is 24.6 Å². The number of nitro benzene ring substituents is 1. The fraction of sp³-hybridized carbons (Fsp3) is 0.800. The van der Waals surface area contributed by atoms with Gasteiger partial charge in [-0.2, -0.15) is 0 Å². The second kappa shape index (κ2) is 73.2. The highest BCUT2D eigenvalue weighted by Gasteiger charge is 2.18. The molecule has 94 heavy (non-hydrogen) atoms. The van der Waals surface area contributed by atoms with Gasteiger partial charge in [0, 0.05) is 51.4 Å². The first-order valence-corrected chi connectivity index (χ1v) is 38.7. The Kier molecular flexibility index (Phi) is 71.6. The van der Waals surface area contributed by atoms with Crippen LogP contribution in [0.1, 0.15) is 311 Å². The van der Waals surface area contributed by atoms with Crippen molar-refractivity contribution in [2.24, 2.45) is 0 Å². The third-order valence-electron chi connectivity index (χ3n) is 17.2. The smallest absolute Gasteiger partial charge is 0.433 e. The van der Waals surface area contributed by atoms with E-state index in [2.05, 4.69) is 138 Å². The van der Waals surface area contributed by atoms with Gasteiger partial charge in [0.15, 0.2) is 0 Å². The van der Waals surface area contributed by atoms with Gasteiger partial charge < -0.3 is 38.8 Å². The van der Waals surface area contributed by atoms with E-state index in [1.54, 1.807) is 0 Å². The first kappa shape index (κ1) is 92.0. The Morgan fingerprint density at radius 1 is 0.426 bits per heavy atom. The molecule has 0 aromatic heterocycles. The van der Waals surface area contributed by atoms with E-state index in [1.807, 2.05) is 0 Å². The van der Waals surface area contributed by atoms with Crippen molar-refractivity contribution in [2.75, 3.05) is 93.8 Å². The summed E-state index contributed by atoms with van der Waals surface area (Å²) < 4.78 is 22.3. The monoisotopic (exact) mass is 1320 g/mol. The maximum Gasteiger partial charge on any atom is 0.514 e. The van der Waals surface area contributed by atoms with Crippen molar-refractivity contribution >= 4 is 18.0 Å². The van der Waals surface area contributed by atoms with E-state index >= 15 is 0 Å². The van der Waals surface area contributed by atoms with E-state index in [0.29, 0.717) is 6.61 Å². The molecular weight excluding hydrogens is 1170 g/mol. The minimum atomic E-state index is -0.731. The van der Waals surface area contributed by atoms with Gasteiger partial charge in [0.05, 0.1) is 11.5 Å². The van der Waals surface area contributed by atoms with Crippen LogP contribution in [-0.4, -0.2) is 148 Å². The van der Waals surface area contributed by atoms with Crippen LogP contribution in [0.4, 0.5) is 15.3 Å². The lowest BCUT2D eigenvalue weighted by molar-refractivity contribution is -0.384. The molecule has 1 aromatic rings. The van der Waals surface area contributed by atoms with Crippen LogP contribution < -0.4 is 4.74 Å². The molecule has 0 bridgehead atoms. The summed E-state index contributed by atoms with van der Waals surface area (Å²) in [5.74, 6) is 0.253. The number of allylic oxidation sites excluding steroid dienone is 8. The van der Waals surface area contributed by atoms with Crippen LogP contribution in [0, 0.1) is 10.1 Å². The predicted molar refractivity (Wildman–Crippen MR) is 402 cm³/mol. The summed E-state index contributed by atoms with van der Waals surface area (Å²) in [5, 5.41) is 19.5. The Hall–Kier alpha value is -4.08. The van der Waals surface area contributed by atoms with Gasteiger partial charge in [-0.25, -0.2) is 9.59 Å². The van der Waals surface area contributed by atoms with E-state index in [1.165, 1.54) is 210 Å². The average molecular weight is 1330 g/mol. The van der Waals surface area contributed by atoms with Gasteiger partial charge in [-0.15, -0.1) is 0 Å². The van der Waals surface area contributed by atoms with Gasteiger partial charge in [-0.3, -0.25) is 15.0 Å². The van der Waals surface area contributed by atoms with Crippen LogP contribution in [0.2, 0.25) is 0 Å². The summed E-state index contributed by atoms with van der Waals surface area (Å²) in [5.41, 5.74) is -0.0420. The number of non-ortho nitro benzene ring substituents is 1. The highest BCUT2D eigenvalue weighted by molar-refractivity contribution is 5.64. The molecule has 14 nitrogen and oxygen atoms in total. The molecular formula is C80H149N5O9. The molecule has 0 spiro atoms. The zero-order valence-electron chi connectivity index (χ0n) is 62.8. The number of carbonyl (C=O) groups excluding carboxylic acids is 2. The molecule has 0 aliphatic carbocycles. The molecule has 1 rings (SSSR count). The number of unbranched alkanes of at least 4 members (excludes halogenated alkanes) is 30. The molecule has 0 radical (unpaired) electrons. The maximum atomic E-state index is 12.5. The molecule has 0 aliphatic heterocycles. The molecule has 1 aromatic carbocycles. The highest BCUT2D eigenvalue weighted by atomic mass is 16.7. The van der Waals surface area contributed by atoms with Crippen LogP contribution in [-0.2, 0) is 14.2 Å². The van der Waals surface area contributed by atoms with E-state index in [0.717, 1.165) is 136 Å². The van der Waals surface area contributed by atoms with Crippen LogP contribution in [0.25, 0.3) is 0 Å². The number of rotatable bonds is 63. The van der Waals surface area contributed by atoms with E-state index in [-0.39, 0.29) is 30.3 Å². The minimum absolute atomic E-state index is 0.00780. The van der Waals surface area contributed by atoms with E-state index in [4.69, 9.17) is 24.1 Å². The number of hydrogen-bond acceptors (Lipinski definition) is 13. The Morgan fingerprint density at radius 3 is 1.09 bits per heavy atom. The molecule has 1 N–H and O–H groups in total. The summed E-state index contributed by atoms with van der Waals surface area (Å²) in [7, 11) is 8.30. The van der Waals surface area contributed by atoms with Crippen molar-refractivity contribution in [3.05, 3.63) is 83.0 Å². The second-order valence-corrected chi connectivity index (χ2v) is 26.4. The van der Waals surface area contributed by atoms with E-state index < -0.39 is 17.2 Å². The van der Waals surface area contributed by atoms with Gasteiger partial charge in [-0.1, -0.05) is 244 Å². The van der Waals surface area contributed by atoms with Gasteiger partial charge in [-0.05, 0) is 169 Å². The Balaban J connectivity index is 0. The second-order valence-electron chi connectivity index (χ2n) is 26.4. The number of aliphatic hydroxyl groups excluding tert-OH is 1. The summed E-state index contributed by atoms with van der Waals surface area (Å²) >= 11 is 0. The summed E-state index contributed by atoms with van der Waals surface area (Å²) in [6, 6.07) is 5.49. The number of benzene rings is 1. The largest absolute Gasteiger partial charge is 0.514 e. The van der Waals surface area contributed by atoms with Crippen LogP contribution in [0.5, 0.6) is 5.75 Å². The first-order chi connectivity index (χ1) is 45.8. The molecule has 0 saturated heterocycles. The van der Waals surface area contributed by atoms with Crippen molar-refractivity contribution in [1.82, 2.24) is 19.6 Å². The number of nitro groups is 1. The van der Waals surface area contributed by atoms with Crippen LogP contribution in [0.3, 0.4) is 0 Å². The predicted octanol–water partition coefficient (Wildman–Crippen LogP) is 22.4. The lowest BCUT2D eigenvalue weighted by atomic mass is 10.0. The zero-order chi connectivity index (χ0) is 69.4. The van der Waals surface area contributed by atoms with Gasteiger partial charge in [0.25, 0.3) is 5.69 Å². The molecule has 548 valence electrons. The van der Waals surface area contributed by atoms with Crippen molar-refractivity contribution in [3.63, 3.8) is 0 Å². The van der Waals surface area contributed by atoms with E-state index in [9.17, 15) is 19.7 Å². The molecule has 14 heteroatoms. The highest BCUT2D eigenvalue weighted by Crippen LogP contribution is 2.22. The fourth-order valence-corrected chi connectivity index (χ4v) is 10.9. The summed E-state index contributed by atoms with van der Waals surface area (Å²) in [4.78, 5) is 44.2. The third kappa shape index (κ3) is 67.9. The molecule has 2 unspecified atom stereocenters. The first-order valence-electron chi connectivity index (χ1n) is 38.7. The normalized spacial score (nSPS) is 12.4.